The van der Waals surface area contributed by atoms with Crippen molar-refractivity contribution in [2.75, 3.05) is 6.61 Å². The Hall–Kier alpha value is -0.940. The first-order valence-corrected chi connectivity index (χ1v) is 5.47. The average molecular weight is 211 g/mol. The highest BCUT2D eigenvalue weighted by atomic mass is 16.5. The molecule has 15 heavy (non-hydrogen) atoms. The summed E-state index contributed by atoms with van der Waals surface area (Å²) in [6.07, 6.45) is 3.34. The number of rotatable bonds is 6. The van der Waals surface area contributed by atoms with Crippen molar-refractivity contribution in [3.05, 3.63) is 11.7 Å². The van der Waals surface area contributed by atoms with Crippen LogP contribution in [0, 0.1) is 5.92 Å². The van der Waals surface area contributed by atoms with Gasteiger partial charge in [-0.2, -0.15) is 4.98 Å². The van der Waals surface area contributed by atoms with Gasteiger partial charge < -0.3 is 15.0 Å². The Morgan fingerprint density at radius 3 is 3.07 bits per heavy atom. The Labute approximate surface area is 89.0 Å². The van der Waals surface area contributed by atoms with E-state index in [1.54, 1.807) is 0 Å². The Bertz CT molecular complexity index is 309. The SMILES string of the molecule is CCCOCc1nc(C(N)C2CC2)no1. The lowest BCUT2D eigenvalue weighted by atomic mass is 10.2. The molecule has 1 unspecified atom stereocenters. The smallest absolute Gasteiger partial charge is 0.252 e. The second kappa shape index (κ2) is 4.72. The summed E-state index contributed by atoms with van der Waals surface area (Å²) in [5.74, 6) is 1.69. The van der Waals surface area contributed by atoms with Crippen LogP contribution >= 0.6 is 0 Å². The van der Waals surface area contributed by atoms with E-state index in [4.69, 9.17) is 15.0 Å². The number of nitrogens with two attached hydrogens (primary N) is 1. The lowest BCUT2D eigenvalue weighted by molar-refractivity contribution is 0.0981. The third-order valence-electron chi connectivity index (χ3n) is 2.49. The number of aromatic nitrogens is 2. The number of hydrogen-bond acceptors (Lipinski definition) is 5. The molecule has 1 saturated carbocycles. The molecule has 84 valence electrons. The molecule has 5 heteroatoms. The first kappa shape index (κ1) is 10.6. The van der Waals surface area contributed by atoms with Crippen molar-refractivity contribution < 1.29 is 9.26 Å². The molecule has 1 aromatic rings. The largest absolute Gasteiger partial charge is 0.372 e. The van der Waals surface area contributed by atoms with Gasteiger partial charge in [-0.25, -0.2) is 0 Å². The fraction of sp³-hybridized carbons (Fsp3) is 0.800. The van der Waals surface area contributed by atoms with Crippen molar-refractivity contribution in [1.82, 2.24) is 10.1 Å². The van der Waals surface area contributed by atoms with E-state index in [1.807, 2.05) is 0 Å². The second-order valence-corrected chi connectivity index (χ2v) is 3.96. The minimum absolute atomic E-state index is 0.0614. The highest BCUT2D eigenvalue weighted by Gasteiger charge is 2.32. The van der Waals surface area contributed by atoms with Crippen molar-refractivity contribution in [2.45, 2.75) is 38.8 Å². The van der Waals surface area contributed by atoms with Gasteiger partial charge in [-0.05, 0) is 25.2 Å². The van der Waals surface area contributed by atoms with Gasteiger partial charge in [0.25, 0.3) is 5.89 Å². The van der Waals surface area contributed by atoms with Crippen LogP contribution in [-0.4, -0.2) is 16.7 Å². The maximum Gasteiger partial charge on any atom is 0.252 e. The van der Waals surface area contributed by atoms with Crippen molar-refractivity contribution >= 4 is 0 Å². The molecule has 0 saturated heterocycles. The Balaban J connectivity index is 1.85. The van der Waals surface area contributed by atoms with Gasteiger partial charge in [0.05, 0.1) is 6.04 Å². The summed E-state index contributed by atoms with van der Waals surface area (Å²) < 4.78 is 10.3. The molecule has 0 amide bonds. The summed E-state index contributed by atoms with van der Waals surface area (Å²) in [7, 11) is 0. The normalized spacial score (nSPS) is 18.0. The molecule has 1 heterocycles. The first-order chi connectivity index (χ1) is 7.31. The fourth-order valence-corrected chi connectivity index (χ4v) is 1.43. The van der Waals surface area contributed by atoms with Crippen LogP contribution in [0.3, 0.4) is 0 Å². The molecular weight excluding hydrogens is 194 g/mol. The van der Waals surface area contributed by atoms with Crippen LogP contribution in [0.2, 0.25) is 0 Å². The maximum atomic E-state index is 5.94. The zero-order valence-corrected chi connectivity index (χ0v) is 8.98. The van der Waals surface area contributed by atoms with Gasteiger partial charge in [0.1, 0.15) is 6.61 Å². The second-order valence-electron chi connectivity index (χ2n) is 3.96. The van der Waals surface area contributed by atoms with E-state index >= 15 is 0 Å². The molecule has 0 aliphatic heterocycles. The van der Waals surface area contributed by atoms with Crippen molar-refractivity contribution in [3.8, 4) is 0 Å². The summed E-state index contributed by atoms with van der Waals surface area (Å²) in [6, 6.07) is -0.0614. The zero-order chi connectivity index (χ0) is 10.7. The van der Waals surface area contributed by atoms with E-state index in [0.29, 0.717) is 30.8 Å². The Morgan fingerprint density at radius 1 is 1.60 bits per heavy atom. The molecular formula is C10H17N3O2. The van der Waals surface area contributed by atoms with Gasteiger partial charge >= 0.3 is 0 Å². The van der Waals surface area contributed by atoms with Gasteiger partial charge in [-0.15, -0.1) is 0 Å². The minimum atomic E-state index is -0.0614. The van der Waals surface area contributed by atoms with E-state index in [-0.39, 0.29) is 6.04 Å². The number of hydrogen-bond donors (Lipinski definition) is 1. The van der Waals surface area contributed by atoms with Crippen LogP contribution in [0.4, 0.5) is 0 Å². The maximum absolute atomic E-state index is 5.94. The summed E-state index contributed by atoms with van der Waals surface area (Å²) in [5.41, 5.74) is 5.94. The van der Waals surface area contributed by atoms with Gasteiger partial charge in [0, 0.05) is 6.61 Å². The van der Waals surface area contributed by atoms with E-state index in [2.05, 4.69) is 17.1 Å². The topological polar surface area (TPSA) is 74.2 Å². The monoisotopic (exact) mass is 211 g/mol. The van der Waals surface area contributed by atoms with Crippen LogP contribution in [0.15, 0.2) is 4.52 Å². The van der Waals surface area contributed by atoms with Crippen LogP contribution in [0.5, 0.6) is 0 Å². The van der Waals surface area contributed by atoms with Gasteiger partial charge in [-0.1, -0.05) is 12.1 Å². The van der Waals surface area contributed by atoms with Crippen molar-refractivity contribution in [1.29, 1.82) is 0 Å². The zero-order valence-electron chi connectivity index (χ0n) is 8.98. The summed E-state index contributed by atoms with van der Waals surface area (Å²) >= 11 is 0. The number of ether oxygens (including phenoxy) is 1. The highest BCUT2D eigenvalue weighted by molar-refractivity contribution is 4.99. The third-order valence-corrected chi connectivity index (χ3v) is 2.49. The van der Waals surface area contributed by atoms with Crippen molar-refractivity contribution in [2.24, 2.45) is 11.7 Å². The summed E-state index contributed by atoms with van der Waals surface area (Å²) in [6.45, 7) is 3.16. The van der Waals surface area contributed by atoms with Crippen LogP contribution in [0.25, 0.3) is 0 Å². The van der Waals surface area contributed by atoms with E-state index in [9.17, 15) is 0 Å². The van der Waals surface area contributed by atoms with Gasteiger partial charge in [0.2, 0.25) is 0 Å². The van der Waals surface area contributed by atoms with Crippen LogP contribution in [0.1, 0.15) is 43.9 Å². The van der Waals surface area contributed by atoms with Crippen LogP contribution in [-0.2, 0) is 11.3 Å². The fourth-order valence-electron chi connectivity index (χ4n) is 1.43. The summed E-state index contributed by atoms with van der Waals surface area (Å²) in [4.78, 5) is 4.22. The lowest BCUT2D eigenvalue weighted by Gasteiger charge is -2.01. The molecule has 1 fully saturated rings. The molecule has 2 rings (SSSR count). The third kappa shape index (κ3) is 2.76. The number of nitrogens with zero attached hydrogens (tertiary/aromatic N) is 2. The Kier molecular flexibility index (Phi) is 3.33. The molecule has 1 aromatic heterocycles. The van der Waals surface area contributed by atoms with Crippen molar-refractivity contribution in [3.63, 3.8) is 0 Å². The van der Waals surface area contributed by atoms with E-state index in [0.717, 1.165) is 6.42 Å². The standard InChI is InChI=1S/C10H17N3O2/c1-2-5-14-6-8-12-10(13-15-8)9(11)7-3-4-7/h7,9H,2-6,11H2,1H3. The minimum Gasteiger partial charge on any atom is -0.372 e. The van der Waals surface area contributed by atoms with E-state index in [1.165, 1.54) is 12.8 Å². The highest BCUT2D eigenvalue weighted by Crippen LogP contribution is 2.38. The van der Waals surface area contributed by atoms with Gasteiger partial charge in [-0.3, -0.25) is 0 Å². The molecule has 1 aliphatic carbocycles. The van der Waals surface area contributed by atoms with Crippen LogP contribution < -0.4 is 5.73 Å². The summed E-state index contributed by atoms with van der Waals surface area (Å²) in [5, 5.41) is 3.86. The molecule has 0 bridgehead atoms. The predicted octanol–water partition coefficient (Wildman–Crippen LogP) is 1.41. The molecule has 1 aliphatic rings. The molecule has 0 radical (unpaired) electrons. The molecule has 5 nitrogen and oxygen atoms in total. The predicted molar refractivity (Wildman–Crippen MR) is 53.9 cm³/mol. The molecule has 2 N–H and O–H groups in total. The van der Waals surface area contributed by atoms with E-state index < -0.39 is 0 Å². The molecule has 0 aromatic carbocycles. The Morgan fingerprint density at radius 2 is 2.40 bits per heavy atom. The molecule has 0 spiro atoms. The quantitative estimate of drug-likeness (QED) is 0.720. The first-order valence-electron chi connectivity index (χ1n) is 5.47. The molecule has 1 atom stereocenters. The lowest BCUT2D eigenvalue weighted by Crippen LogP contribution is -2.14. The average Bonchev–Trinajstić information content (AvgIpc) is 2.98. The van der Waals surface area contributed by atoms with Gasteiger partial charge in [0.15, 0.2) is 5.82 Å².